The molecule has 0 unspecified atom stereocenters. The van der Waals surface area contributed by atoms with Crippen molar-refractivity contribution >= 4 is 35.0 Å². The third kappa shape index (κ3) is 4.75. The van der Waals surface area contributed by atoms with Crippen LogP contribution in [0.2, 0.25) is 0 Å². The highest BCUT2D eigenvalue weighted by Crippen LogP contribution is 2.22. The summed E-state index contributed by atoms with van der Waals surface area (Å²) in [5.74, 6) is -1.19. The van der Waals surface area contributed by atoms with E-state index < -0.39 is 0 Å². The molecule has 0 N–H and O–H groups in total. The van der Waals surface area contributed by atoms with Gasteiger partial charge in [0.05, 0.1) is 11.4 Å². The first-order valence-electron chi connectivity index (χ1n) is 10.8. The fraction of sp³-hybridized carbons (Fsp3) is 0.231. The van der Waals surface area contributed by atoms with Crippen molar-refractivity contribution < 1.29 is 19.2 Å². The van der Waals surface area contributed by atoms with Gasteiger partial charge in [-0.2, -0.15) is 0 Å². The van der Waals surface area contributed by atoms with E-state index >= 15 is 0 Å². The van der Waals surface area contributed by atoms with E-state index in [0.717, 1.165) is 38.5 Å². The SMILES string of the molecule is O=C1C=CC(=O)N1c1ccc(CCCCCCc2ccc(N3C(=O)C=CC3=O)cc2)cc1. The molecule has 2 aliphatic rings. The third-order valence-electron chi connectivity index (χ3n) is 5.69. The number of carbonyl (C=O) groups excluding carboxylic acids is 4. The van der Waals surface area contributed by atoms with Crippen molar-refractivity contribution in [2.24, 2.45) is 0 Å². The number of aryl methyl sites for hydroxylation is 2. The van der Waals surface area contributed by atoms with Crippen LogP contribution in [0.15, 0.2) is 72.8 Å². The minimum atomic E-state index is -0.299. The lowest BCUT2D eigenvalue weighted by Crippen LogP contribution is -2.29. The number of imide groups is 2. The summed E-state index contributed by atoms with van der Waals surface area (Å²) in [5, 5.41) is 0. The second-order valence-electron chi connectivity index (χ2n) is 7.94. The van der Waals surface area contributed by atoms with Crippen LogP contribution >= 0.6 is 0 Å². The number of amides is 4. The second kappa shape index (κ2) is 9.56. The first-order valence-corrected chi connectivity index (χ1v) is 10.8. The molecular weight excluding hydrogens is 404 g/mol. The van der Waals surface area contributed by atoms with E-state index in [1.807, 2.05) is 48.5 Å². The molecule has 6 nitrogen and oxygen atoms in total. The largest absolute Gasteiger partial charge is 0.269 e. The molecule has 0 saturated heterocycles. The fourth-order valence-corrected chi connectivity index (χ4v) is 3.94. The molecule has 0 fully saturated rings. The Balaban J connectivity index is 1.16. The number of hydrogen-bond acceptors (Lipinski definition) is 4. The maximum absolute atomic E-state index is 11.7. The quantitative estimate of drug-likeness (QED) is 0.449. The Labute approximate surface area is 186 Å². The number of nitrogens with zero attached hydrogens (tertiary/aromatic N) is 2. The molecule has 0 aromatic heterocycles. The van der Waals surface area contributed by atoms with Crippen LogP contribution in [0.4, 0.5) is 11.4 Å². The Morgan fingerprint density at radius 3 is 1.06 bits per heavy atom. The Kier molecular flexibility index (Phi) is 6.40. The molecule has 0 bridgehead atoms. The molecule has 2 aromatic carbocycles. The monoisotopic (exact) mass is 428 g/mol. The molecule has 4 rings (SSSR count). The normalized spacial score (nSPS) is 15.5. The minimum absolute atomic E-state index is 0.299. The summed E-state index contributed by atoms with van der Waals surface area (Å²) < 4.78 is 0. The van der Waals surface area contributed by atoms with Crippen LogP contribution in [-0.2, 0) is 32.0 Å². The van der Waals surface area contributed by atoms with Gasteiger partial charge in [-0.1, -0.05) is 37.1 Å². The number of anilines is 2. The molecular formula is C26H24N2O4. The molecule has 32 heavy (non-hydrogen) atoms. The molecule has 4 amide bonds. The van der Waals surface area contributed by atoms with Gasteiger partial charge in [0.1, 0.15) is 0 Å². The van der Waals surface area contributed by atoms with Crippen LogP contribution in [0.25, 0.3) is 0 Å². The third-order valence-corrected chi connectivity index (χ3v) is 5.69. The maximum atomic E-state index is 11.7. The lowest BCUT2D eigenvalue weighted by molar-refractivity contribution is -0.121. The zero-order chi connectivity index (χ0) is 22.5. The van der Waals surface area contributed by atoms with Gasteiger partial charge < -0.3 is 0 Å². The molecule has 0 radical (unpaired) electrons. The molecule has 2 aliphatic heterocycles. The van der Waals surface area contributed by atoms with Gasteiger partial charge in [-0.05, 0) is 61.1 Å². The Morgan fingerprint density at radius 1 is 0.438 bits per heavy atom. The van der Waals surface area contributed by atoms with Crippen LogP contribution in [0.3, 0.4) is 0 Å². The Morgan fingerprint density at radius 2 is 0.750 bits per heavy atom. The van der Waals surface area contributed by atoms with Gasteiger partial charge in [0, 0.05) is 24.3 Å². The van der Waals surface area contributed by atoms with Crippen molar-refractivity contribution in [3.8, 4) is 0 Å². The number of rotatable bonds is 9. The molecule has 162 valence electrons. The first kappa shape index (κ1) is 21.4. The minimum Gasteiger partial charge on any atom is -0.269 e. The lowest BCUT2D eigenvalue weighted by atomic mass is 10.0. The van der Waals surface area contributed by atoms with Crippen molar-refractivity contribution in [2.45, 2.75) is 38.5 Å². The standard InChI is InChI=1S/C26H24N2O4/c29-23-15-16-24(30)27(23)21-11-7-19(8-12-21)5-3-1-2-4-6-20-9-13-22(14-10-20)28-25(31)17-18-26(28)32/h7-18H,1-6H2. The first-order chi connectivity index (χ1) is 15.5. The van der Waals surface area contributed by atoms with Gasteiger partial charge in [-0.15, -0.1) is 0 Å². The number of benzene rings is 2. The summed E-state index contributed by atoms with van der Waals surface area (Å²) in [6.45, 7) is 0. The molecule has 0 saturated carbocycles. The highest BCUT2D eigenvalue weighted by atomic mass is 16.2. The summed E-state index contributed by atoms with van der Waals surface area (Å²) in [7, 11) is 0. The molecule has 0 aliphatic carbocycles. The van der Waals surface area contributed by atoms with Crippen LogP contribution < -0.4 is 9.80 Å². The van der Waals surface area contributed by atoms with Crippen LogP contribution in [0, 0.1) is 0 Å². The Hall–Kier alpha value is -3.80. The summed E-state index contributed by atoms with van der Waals surface area (Å²) in [4.78, 5) is 49.3. The van der Waals surface area contributed by atoms with E-state index in [1.54, 1.807) is 0 Å². The van der Waals surface area contributed by atoms with E-state index in [4.69, 9.17) is 0 Å². The number of unbranched alkanes of at least 4 members (excludes halogenated alkanes) is 3. The highest BCUT2D eigenvalue weighted by Gasteiger charge is 2.25. The summed E-state index contributed by atoms with van der Waals surface area (Å²) >= 11 is 0. The van der Waals surface area contributed by atoms with Crippen molar-refractivity contribution in [2.75, 3.05) is 9.80 Å². The molecule has 0 spiro atoms. The predicted molar refractivity (Wildman–Crippen MR) is 122 cm³/mol. The molecule has 2 aromatic rings. The second-order valence-corrected chi connectivity index (χ2v) is 7.94. The number of hydrogen-bond donors (Lipinski definition) is 0. The van der Waals surface area contributed by atoms with Crippen LogP contribution in [0.1, 0.15) is 36.8 Å². The topological polar surface area (TPSA) is 74.8 Å². The van der Waals surface area contributed by atoms with Crippen LogP contribution in [-0.4, -0.2) is 23.6 Å². The van der Waals surface area contributed by atoms with Crippen molar-refractivity contribution in [3.63, 3.8) is 0 Å². The fourth-order valence-electron chi connectivity index (χ4n) is 3.94. The van der Waals surface area contributed by atoms with Crippen molar-refractivity contribution in [1.29, 1.82) is 0 Å². The van der Waals surface area contributed by atoms with Crippen molar-refractivity contribution in [3.05, 3.63) is 84.0 Å². The lowest BCUT2D eigenvalue weighted by Gasteiger charge is -2.14. The average molecular weight is 428 g/mol. The van der Waals surface area contributed by atoms with Crippen LogP contribution in [0.5, 0.6) is 0 Å². The van der Waals surface area contributed by atoms with E-state index in [9.17, 15) is 19.2 Å². The van der Waals surface area contributed by atoms with Gasteiger partial charge in [-0.3, -0.25) is 19.2 Å². The molecule has 0 atom stereocenters. The van der Waals surface area contributed by atoms with Gasteiger partial charge >= 0.3 is 0 Å². The Bertz CT molecular complexity index is 972. The smallest absolute Gasteiger partial charge is 0.258 e. The molecule has 6 heteroatoms. The zero-order valence-electron chi connectivity index (χ0n) is 17.7. The van der Waals surface area contributed by atoms with Gasteiger partial charge in [0.25, 0.3) is 23.6 Å². The zero-order valence-corrected chi connectivity index (χ0v) is 17.7. The highest BCUT2D eigenvalue weighted by molar-refractivity contribution is 6.28. The number of carbonyl (C=O) groups is 4. The van der Waals surface area contributed by atoms with Gasteiger partial charge in [0.15, 0.2) is 0 Å². The predicted octanol–water partition coefficient (Wildman–Crippen LogP) is 3.89. The van der Waals surface area contributed by atoms with E-state index in [0.29, 0.717) is 11.4 Å². The van der Waals surface area contributed by atoms with Gasteiger partial charge in [-0.25, -0.2) is 9.80 Å². The van der Waals surface area contributed by atoms with E-state index in [1.165, 1.54) is 45.2 Å². The maximum Gasteiger partial charge on any atom is 0.258 e. The molecule has 2 heterocycles. The summed E-state index contributed by atoms with van der Waals surface area (Å²) in [5.41, 5.74) is 3.60. The van der Waals surface area contributed by atoms with E-state index in [2.05, 4.69) is 0 Å². The average Bonchev–Trinajstić information content (AvgIpc) is 3.31. The summed E-state index contributed by atoms with van der Waals surface area (Å²) in [6.07, 6.45) is 11.5. The van der Waals surface area contributed by atoms with Gasteiger partial charge in [0.2, 0.25) is 0 Å². The summed E-state index contributed by atoms with van der Waals surface area (Å²) in [6, 6.07) is 15.2. The van der Waals surface area contributed by atoms with Crippen molar-refractivity contribution in [1.82, 2.24) is 0 Å². The van der Waals surface area contributed by atoms with E-state index in [-0.39, 0.29) is 23.6 Å².